The van der Waals surface area contributed by atoms with E-state index in [1.807, 2.05) is 0 Å². The molecule has 0 amide bonds. The Balaban J connectivity index is 2.59. The van der Waals surface area contributed by atoms with E-state index in [-0.39, 0.29) is 17.5 Å². The van der Waals surface area contributed by atoms with Crippen molar-refractivity contribution in [2.24, 2.45) is 0 Å². The molecule has 0 aliphatic rings. The molecule has 1 aromatic carbocycles. The smallest absolute Gasteiger partial charge is 0.320 e. The van der Waals surface area contributed by atoms with Crippen LogP contribution in [-0.2, 0) is 16.1 Å². The number of carbonyl (C=O) groups excluding carboxylic acids is 1. The second kappa shape index (κ2) is 6.57. The Morgan fingerprint density at radius 2 is 2.24 bits per heavy atom. The van der Waals surface area contributed by atoms with Crippen molar-refractivity contribution in [3.8, 4) is 0 Å². The Hall–Kier alpha value is -1.13. The van der Waals surface area contributed by atoms with Crippen molar-refractivity contribution >= 4 is 17.6 Å². The fourth-order valence-electron chi connectivity index (χ4n) is 1.44. The molecule has 0 bridgehead atoms. The first-order chi connectivity index (χ1) is 8.04. The highest BCUT2D eigenvalue weighted by Crippen LogP contribution is 2.20. The first-order valence-corrected chi connectivity index (χ1v) is 5.69. The number of esters is 1. The van der Waals surface area contributed by atoms with E-state index in [1.54, 1.807) is 31.0 Å². The summed E-state index contributed by atoms with van der Waals surface area (Å²) < 4.78 is 18.0. The largest absolute Gasteiger partial charge is 0.465 e. The Kier molecular flexibility index (Phi) is 5.38. The average molecular weight is 260 g/mol. The van der Waals surface area contributed by atoms with Crippen molar-refractivity contribution in [3.63, 3.8) is 0 Å². The molecule has 0 saturated heterocycles. The fraction of sp³-hybridized carbons (Fsp3) is 0.417. The lowest BCUT2D eigenvalue weighted by Crippen LogP contribution is -2.27. The van der Waals surface area contributed by atoms with Gasteiger partial charge in [0.2, 0.25) is 0 Å². The molecular formula is C12H15ClFNO2. The number of rotatable bonds is 5. The van der Waals surface area contributed by atoms with Gasteiger partial charge in [0.15, 0.2) is 0 Å². The van der Waals surface area contributed by atoms with E-state index in [0.29, 0.717) is 18.7 Å². The van der Waals surface area contributed by atoms with Crippen molar-refractivity contribution in [3.05, 3.63) is 34.6 Å². The zero-order valence-corrected chi connectivity index (χ0v) is 10.6. The Bertz CT molecular complexity index is 398. The minimum atomic E-state index is -0.450. The van der Waals surface area contributed by atoms with Crippen LogP contribution in [0.25, 0.3) is 0 Å². The van der Waals surface area contributed by atoms with Gasteiger partial charge in [-0.15, -0.1) is 0 Å². The number of hydrogen-bond donors (Lipinski definition) is 0. The predicted molar refractivity (Wildman–Crippen MR) is 64.4 cm³/mol. The molecule has 0 unspecified atom stereocenters. The number of nitrogens with zero attached hydrogens (tertiary/aromatic N) is 1. The van der Waals surface area contributed by atoms with Gasteiger partial charge in [-0.25, -0.2) is 4.39 Å². The van der Waals surface area contributed by atoms with Crippen LogP contribution in [0.5, 0.6) is 0 Å². The first-order valence-electron chi connectivity index (χ1n) is 5.31. The molecule has 0 fully saturated rings. The minimum absolute atomic E-state index is 0.100. The van der Waals surface area contributed by atoms with Gasteiger partial charge in [0, 0.05) is 6.54 Å². The van der Waals surface area contributed by atoms with Crippen LogP contribution in [0.4, 0.5) is 4.39 Å². The lowest BCUT2D eigenvalue weighted by atomic mass is 10.2. The highest BCUT2D eigenvalue weighted by atomic mass is 35.5. The van der Waals surface area contributed by atoms with Crippen molar-refractivity contribution < 1.29 is 13.9 Å². The quantitative estimate of drug-likeness (QED) is 0.761. The lowest BCUT2D eigenvalue weighted by Gasteiger charge is -2.16. The van der Waals surface area contributed by atoms with Gasteiger partial charge in [-0.1, -0.05) is 23.7 Å². The highest BCUT2D eigenvalue weighted by molar-refractivity contribution is 6.31. The molecular weight excluding hydrogens is 245 g/mol. The van der Waals surface area contributed by atoms with Crippen LogP contribution in [-0.4, -0.2) is 31.1 Å². The van der Waals surface area contributed by atoms with Gasteiger partial charge in [-0.05, 0) is 25.6 Å². The third kappa shape index (κ3) is 4.32. The van der Waals surface area contributed by atoms with Gasteiger partial charge in [0.1, 0.15) is 5.82 Å². The number of halogens is 2. The van der Waals surface area contributed by atoms with Crippen molar-refractivity contribution in [2.75, 3.05) is 20.2 Å². The molecule has 0 N–H and O–H groups in total. The summed E-state index contributed by atoms with van der Waals surface area (Å²) in [6.07, 6.45) is 0. The molecule has 0 radical (unpaired) electrons. The molecule has 0 saturated carbocycles. The fourth-order valence-corrected chi connectivity index (χ4v) is 1.63. The van der Waals surface area contributed by atoms with Crippen LogP contribution in [0.1, 0.15) is 12.5 Å². The second-order valence-electron chi connectivity index (χ2n) is 3.69. The van der Waals surface area contributed by atoms with Crippen molar-refractivity contribution in [1.29, 1.82) is 0 Å². The van der Waals surface area contributed by atoms with Crippen LogP contribution >= 0.6 is 11.6 Å². The Labute approximate surface area is 105 Å². The van der Waals surface area contributed by atoms with Crippen LogP contribution in [0.2, 0.25) is 5.02 Å². The number of likely N-dealkylation sites (N-methyl/N-ethyl adjacent to an activating group) is 1. The highest BCUT2D eigenvalue weighted by Gasteiger charge is 2.11. The molecule has 17 heavy (non-hydrogen) atoms. The van der Waals surface area contributed by atoms with E-state index in [2.05, 4.69) is 0 Å². The lowest BCUT2D eigenvalue weighted by molar-refractivity contribution is -0.144. The maximum absolute atomic E-state index is 13.2. The standard InChI is InChI=1S/C12H15ClFNO2/c1-3-17-11(16)8-15(2)7-9-5-4-6-10(14)12(9)13/h4-6H,3,7-8H2,1-2H3. The molecule has 3 nitrogen and oxygen atoms in total. The molecule has 0 aliphatic heterocycles. The van der Waals surface area contributed by atoms with E-state index >= 15 is 0 Å². The predicted octanol–water partition coefficient (Wildman–Crippen LogP) is 2.47. The van der Waals surface area contributed by atoms with Crippen LogP contribution < -0.4 is 0 Å². The summed E-state index contributed by atoms with van der Waals surface area (Å²) in [5.74, 6) is -0.753. The Morgan fingerprint density at radius 3 is 2.88 bits per heavy atom. The maximum atomic E-state index is 13.2. The summed E-state index contributed by atoms with van der Waals surface area (Å²) in [6, 6.07) is 4.62. The summed E-state index contributed by atoms with van der Waals surface area (Å²) in [7, 11) is 1.75. The molecule has 0 aliphatic carbocycles. The third-order valence-electron chi connectivity index (χ3n) is 2.18. The number of hydrogen-bond acceptors (Lipinski definition) is 3. The van der Waals surface area contributed by atoms with Gasteiger partial charge < -0.3 is 4.74 Å². The second-order valence-corrected chi connectivity index (χ2v) is 4.07. The van der Waals surface area contributed by atoms with Gasteiger partial charge in [-0.2, -0.15) is 0 Å². The zero-order chi connectivity index (χ0) is 12.8. The van der Waals surface area contributed by atoms with Crippen LogP contribution in [0, 0.1) is 5.82 Å². The summed E-state index contributed by atoms with van der Waals surface area (Å²) >= 11 is 5.82. The normalized spacial score (nSPS) is 10.6. The van der Waals surface area contributed by atoms with E-state index in [1.165, 1.54) is 6.07 Å². The SMILES string of the molecule is CCOC(=O)CN(C)Cc1cccc(F)c1Cl. The van der Waals surface area contributed by atoms with E-state index < -0.39 is 5.82 Å². The van der Waals surface area contributed by atoms with Gasteiger partial charge >= 0.3 is 5.97 Å². The van der Waals surface area contributed by atoms with Crippen LogP contribution in [0.3, 0.4) is 0 Å². The van der Waals surface area contributed by atoms with E-state index in [0.717, 1.165) is 0 Å². The molecule has 94 valence electrons. The van der Waals surface area contributed by atoms with Gasteiger partial charge in [0.05, 0.1) is 18.2 Å². The summed E-state index contributed by atoms with van der Waals surface area (Å²) in [5, 5.41) is 0.100. The Morgan fingerprint density at radius 1 is 1.53 bits per heavy atom. The molecule has 1 aromatic rings. The van der Waals surface area contributed by atoms with Gasteiger partial charge in [-0.3, -0.25) is 9.69 Å². The monoisotopic (exact) mass is 259 g/mol. The summed E-state index contributed by atoms with van der Waals surface area (Å²) in [6.45, 7) is 2.66. The average Bonchev–Trinajstić information content (AvgIpc) is 2.25. The molecule has 0 spiro atoms. The van der Waals surface area contributed by atoms with Crippen molar-refractivity contribution in [2.45, 2.75) is 13.5 Å². The van der Waals surface area contributed by atoms with E-state index in [4.69, 9.17) is 16.3 Å². The number of carbonyl (C=O) groups is 1. The number of ether oxygens (including phenoxy) is 1. The molecule has 0 atom stereocenters. The summed E-state index contributed by atoms with van der Waals surface area (Å²) in [4.78, 5) is 12.9. The minimum Gasteiger partial charge on any atom is -0.465 e. The summed E-state index contributed by atoms with van der Waals surface area (Å²) in [5.41, 5.74) is 0.651. The maximum Gasteiger partial charge on any atom is 0.320 e. The molecule has 5 heteroatoms. The molecule has 0 heterocycles. The van der Waals surface area contributed by atoms with Gasteiger partial charge in [0.25, 0.3) is 0 Å². The topological polar surface area (TPSA) is 29.5 Å². The van der Waals surface area contributed by atoms with Crippen LogP contribution in [0.15, 0.2) is 18.2 Å². The van der Waals surface area contributed by atoms with Crippen molar-refractivity contribution in [1.82, 2.24) is 4.90 Å². The number of benzene rings is 1. The zero-order valence-electron chi connectivity index (χ0n) is 9.87. The van der Waals surface area contributed by atoms with E-state index in [9.17, 15) is 9.18 Å². The molecule has 0 aromatic heterocycles. The third-order valence-corrected chi connectivity index (χ3v) is 2.60. The molecule has 1 rings (SSSR count). The first kappa shape index (κ1) is 13.9.